The third-order valence-electron chi connectivity index (χ3n) is 2.09. The summed E-state index contributed by atoms with van der Waals surface area (Å²) in [6.45, 7) is 6.02. The normalized spacial score (nSPS) is 11.0. The highest BCUT2D eigenvalue weighted by molar-refractivity contribution is 6.30. The van der Waals surface area contributed by atoms with Crippen LogP contribution in [0.5, 0.6) is 5.75 Å². The zero-order valence-corrected chi connectivity index (χ0v) is 10.4. The summed E-state index contributed by atoms with van der Waals surface area (Å²) in [4.78, 5) is 0. The van der Waals surface area contributed by atoms with Crippen molar-refractivity contribution in [1.29, 1.82) is 0 Å². The number of ether oxygens (including phenoxy) is 1. The smallest absolute Gasteiger partial charge is 0.120 e. The first kappa shape index (κ1) is 13.3. The van der Waals surface area contributed by atoms with Crippen LogP contribution in [0.25, 0.3) is 0 Å². The van der Waals surface area contributed by atoms with Gasteiger partial charge in [0.2, 0.25) is 0 Å². The number of halogens is 1. The molecule has 0 aliphatic rings. The average Bonchev–Trinajstić information content (AvgIpc) is 2.22. The fourth-order valence-corrected chi connectivity index (χ4v) is 1.48. The Labute approximate surface area is 101 Å². The van der Waals surface area contributed by atoms with Crippen LogP contribution >= 0.6 is 11.6 Å². The van der Waals surface area contributed by atoms with Crippen LogP contribution in [0.1, 0.15) is 19.4 Å². The van der Waals surface area contributed by atoms with Crippen molar-refractivity contribution in [1.82, 2.24) is 5.32 Å². The third kappa shape index (κ3) is 4.84. The van der Waals surface area contributed by atoms with Crippen LogP contribution in [0.15, 0.2) is 18.2 Å². The lowest BCUT2D eigenvalue weighted by atomic mass is 10.2. The van der Waals surface area contributed by atoms with Gasteiger partial charge in [-0.3, -0.25) is 0 Å². The lowest BCUT2D eigenvalue weighted by Gasteiger charge is -2.09. The molecule has 1 aromatic rings. The second kappa shape index (κ2) is 6.74. The molecule has 0 spiro atoms. The van der Waals surface area contributed by atoms with Gasteiger partial charge in [0, 0.05) is 23.7 Å². The highest BCUT2D eigenvalue weighted by Crippen LogP contribution is 2.20. The minimum Gasteiger partial charge on any atom is -0.508 e. The molecule has 0 bridgehead atoms. The van der Waals surface area contributed by atoms with Crippen LogP contribution < -0.4 is 5.32 Å². The van der Waals surface area contributed by atoms with E-state index in [0.717, 1.165) is 12.1 Å². The van der Waals surface area contributed by atoms with Crippen LogP contribution in [0.2, 0.25) is 5.02 Å². The van der Waals surface area contributed by atoms with Gasteiger partial charge in [0.15, 0.2) is 0 Å². The monoisotopic (exact) mass is 243 g/mol. The summed E-state index contributed by atoms with van der Waals surface area (Å²) >= 11 is 5.83. The highest BCUT2D eigenvalue weighted by atomic mass is 35.5. The van der Waals surface area contributed by atoms with Gasteiger partial charge in [-0.15, -0.1) is 0 Å². The van der Waals surface area contributed by atoms with Crippen molar-refractivity contribution in [2.75, 3.05) is 13.2 Å². The minimum atomic E-state index is 0.251. The molecule has 0 amide bonds. The van der Waals surface area contributed by atoms with E-state index in [0.29, 0.717) is 18.2 Å². The van der Waals surface area contributed by atoms with Crippen molar-refractivity contribution >= 4 is 11.6 Å². The Bertz CT molecular complexity index is 329. The van der Waals surface area contributed by atoms with Gasteiger partial charge in [-0.25, -0.2) is 0 Å². The van der Waals surface area contributed by atoms with Crippen molar-refractivity contribution in [3.63, 3.8) is 0 Å². The van der Waals surface area contributed by atoms with E-state index in [2.05, 4.69) is 5.32 Å². The zero-order chi connectivity index (χ0) is 12.0. The molecular formula is C12H18ClNO2. The molecule has 16 heavy (non-hydrogen) atoms. The first-order valence-electron chi connectivity index (χ1n) is 5.39. The van der Waals surface area contributed by atoms with E-state index in [-0.39, 0.29) is 11.9 Å². The van der Waals surface area contributed by atoms with Gasteiger partial charge in [-0.05, 0) is 32.0 Å². The van der Waals surface area contributed by atoms with E-state index < -0.39 is 0 Å². The molecule has 0 aromatic heterocycles. The minimum absolute atomic E-state index is 0.251. The Morgan fingerprint density at radius 2 is 2.19 bits per heavy atom. The maximum absolute atomic E-state index is 9.55. The molecule has 0 fully saturated rings. The second-order valence-electron chi connectivity index (χ2n) is 3.87. The molecule has 0 radical (unpaired) electrons. The first-order valence-corrected chi connectivity index (χ1v) is 5.77. The molecule has 2 N–H and O–H groups in total. The number of benzene rings is 1. The number of rotatable bonds is 6. The zero-order valence-electron chi connectivity index (χ0n) is 9.66. The van der Waals surface area contributed by atoms with Gasteiger partial charge in [-0.2, -0.15) is 0 Å². The number of phenolic OH excluding ortho intramolecular Hbond substituents is 1. The van der Waals surface area contributed by atoms with Gasteiger partial charge < -0.3 is 15.2 Å². The first-order chi connectivity index (χ1) is 7.59. The molecule has 1 aromatic carbocycles. The van der Waals surface area contributed by atoms with Gasteiger partial charge >= 0.3 is 0 Å². The predicted molar refractivity (Wildman–Crippen MR) is 65.9 cm³/mol. The largest absolute Gasteiger partial charge is 0.508 e. The van der Waals surface area contributed by atoms with Crippen LogP contribution in [0.3, 0.4) is 0 Å². The summed E-state index contributed by atoms with van der Waals surface area (Å²) in [6, 6.07) is 5.03. The van der Waals surface area contributed by atoms with E-state index in [1.54, 1.807) is 18.2 Å². The number of aromatic hydroxyl groups is 1. The number of hydrogen-bond donors (Lipinski definition) is 2. The molecule has 0 saturated heterocycles. The molecule has 0 atom stereocenters. The number of hydrogen-bond acceptors (Lipinski definition) is 3. The standard InChI is InChI=1S/C12H18ClNO2/c1-9(2)16-6-5-14-8-10-7-11(13)3-4-12(10)15/h3-4,7,9,14-15H,5-6,8H2,1-2H3. The average molecular weight is 244 g/mol. The molecule has 0 unspecified atom stereocenters. The van der Waals surface area contributed by atoms with Gasteiger partial charge in [-0.1, -0.05) is 11.6 Å². The van der Waals surface area contributed by atoms with Crippen LogP contribution in [0.4, 0.5) is 0 Å². The van der Waals surface area contributed by atoms with E-state index in [1.807, 2.05) is 13.8 Å². The Balaban J connectivity index is 2.29. The Morgan fingerprint density at radius 1 is 1.44 bits per heavy atom. The van der Waals surface area contributed by atoms with Gasteiger partial charge in [0.25, 0.3) is 0 Å². The summed E-state index contributed by atoms with van der Waals surface area (Å²) < 4.78 is 5.38. The quantitative estimate of drug-likeness (QED) is 0.755. The van der Waals surface area contributed by atoms with E-state index in [1.165, 1.54) is 0 Å². The molecule has 0 aliphatic carbocycles. The third-order valence-corrected chi connectivity index (χ3v) is 2.32. The molecule has 0 saturated carbocycles. The fraction of sp³-hybridized carbons (Fsp3) is 0.500. The summed E-state index contributed by atoms with van der Waals surface area (Å²) in [7, 11) is 0. The van der Waals surface area contributed by atoms with E-state index in [4.69, 9.17) is 16.3 Å². The maximum atomic E-state index is 9.55. The summed E-state index contributed by atoms with van der Waals surface area (Å²) in [5, 5.41) is 13.4. The summed E-state index contributed by atoms with van der Waals surface area (Å²) in [5.41, 5.74) is 0.803. The molecule has 90 valence electrons. The topological polar surface area (TPSA) is 41.5 Å². The van der Waals surface area contributed by atoms with Crippen molar-refractivity contribution < 1.29 is 9.84 Å². The fourth-order valence-electron chi connectivity index (χ4n) is 1.29. The number of phenols is 1. The Kier molecular flexibility index (Phi) is 5.60. The van der Waals surface area contributed by atoms with Gasteiger partial charge in [0.05, 0.1) is 12.7 Å². The maximum Gasteiger partial charge on any atom is 0.120 e. The van der Waals surface area contributed by atoms with Gasteiger partial charge in [0.1, 0.15) is 5.75 Å². The Hall–Kier alpha value is -0.770. The molecule has 0 heterocycles. The number of nitrogens with one attached hydrogen (secondary N) is 1. The Morgan fingerprint density at radius 3 is 2.88 bits per heavy atom. The lowest BCUT2D eigenvalue weighted by molar-refractivity contribution is 0.0807. The van der Waals surface area contributed by atoms with Crippen molar-refractivity contribution in [3.05, 3.63) is 28.8 Å². The molecule has 4 heteroatoms. The SMILES string of the molecule is CC(C)OCCNCc1cc(Cl)ccc1O. The summed E-state index contributed by atoms with van der Waals surface area (Å²) in [5.74, 6) is 0.265. The lowest BCUT2D eigenvalue weighted by Crippen LogP contribution is -2.20. The van der Waals surface area contributed by atoms with E-state index >= 15 is 0 Å². The molecule has 0 aliphatic heterocycles. The van der Waals surface area contributed by atoms with Crippen molar-refractivity contribution in [2.24, 2.45) is 0 Å². The highest BCUT2D eigenvalue weighted by Gasteiger charge is 2.01. The van der Waals surface area contributed by atoms with E-state index in [9.17, 15) is 5.11 Å². The van der Waals surface area contributed by atoms with Crippen LogP contribution in [-0.4, -0.2) is 24.4 Å². The predicted octanol–water partition coefficient (Wildman–Crippen LogP) is 2.56. The van der Waals surface area contributed by atoms with Crippen molar-refractivity contribution in [3.8, 4) is 5.75 Å². The molecule has 3 nitrogen and oxygen atoms in total. The van der Waals surface area contributed by atoms with Crippen molar-refractivity contribution in [2.45, 2.75) is 26.5 Å². The molecular weight excluding hydrogens is 226 g/mol. The summed E-state index contributed by atoms with van der Waals surface area (Å²) in [6.07, 6.45) is 0.251. The van der Waals surface area contributed by atoms with Crippen LogP contribution in [0, 0.1) is 0 Å². The van der Waals surface area contributed by atoms with Crippen LogP contribution in [-0.2, 0) is 11.3 Å². The second-order valence-corrected chi connectivity index (χ2v) is 4.31. The molecule has 1 rings (SSSR count).